The summed E-state index contributed by atoms with van der Waals surface area (Å²) in [4.78, 5) is 31.0. The number of nitrogens with two attached hydrogens (primary N) is 1. The van der Waals surface area contributed by atoms with Gasteiger partial charge in [0.25, 0.3) is 0 Å². The number of likely N-dealkylation sites (tertiary alicyclic amines) is 2. The number of carbonyl (C=O) groups excluding carboxylic acids is 2. The molecule has 7 nitrogen and oxygen atoms in total. The van der Waals surface area contributed by atoms with Gasteiger partial charge in [-0.15, -0.1) is 0 Å². The highest BCUT2D eigenvalue weighted by Crippen LogP contribution is 2.37. The van der Waals surface area contributed by atoms with Crippen molar-refractivity contribution in [2.24, 2.45) is 23.5 Å². The smallest absolute Gasteiger partial charge is 0.225 e. The summed E-state index contributed by atoms with van der Waals surface area (Å²) < 4.78 is 6.13. The van der Waals surface area contributed by atoms with Crippen LogP contribution in [0.4, 0.5) is 5.69 Å². The maximum absolute atomic E-state index is 12.8. The van der Waals surface area contributed by atoms with Gasteiger partial charge in [-0.1, -0.05) is 12.1 Å². The number of piperidine rings is 2. The van der Waals surface area contributed by atoms with E-state index >= 15 is 0 Å². The van der Waals surface area contributed by atoms with Gasteiger partial charge in [0.1, 0.15) is 0 Å². The number of hydrogen-bond acceptors (Lipinski definition) is 5. The predicted octanol–water partition coefficient (Wildman–Crippen LogP) is 2.48. The molecule has 0 aliphatic carbocycles. The van der Waals surface area contributed by atoms with Crippen molar-refractivity contribution < 1.29 is 14.3 Å². The van der Waals surface area contributed by atoms with E-state index < -0.39 is 0 Å². The normalized spacial score (nSPS) is 26.2. The SMILES string of the molecule is CCN(CC)c1ccc(CN2CC[C@@H]3[C@@H](CO[C@H]3CC(=O)N3CCC(C(N)=O)CC3)C2)cc1. The summed E-state index contributed by atoms with van der Waals surface area (Å²) in [5.41, 5.74) is 8.06. The van der Waals surface area contributed by atoms with Gasteiger partial charge in [-0.25, -0.2) is 0 Å². The third-order valence-corrected chi connectivity index (χ3v) is 7.98. The van der Waals surface area contributed by atoms with Crippen molar-refractivity contribution in [1.82, 2.24) is 9.80 Å². The second-order valence-corrected chi connectivity index (χ2v) is 9.92. The first-order valence-corrected chi connectivity index (χ1v) is 12.7. The van der Waals surface area contributed by atoms with Crippen LogP contribution in [-0.2, 0) is 20.9 Å². The Morgan fingerprint density at radius 2 is 1.76 bits per heavy atom. The maximum Gasteiger partial charge on any atom is 0.225 e. The molecule has 3 fully saturated rings. The first-order chi connectivity index (χ1) is 16.0. The fourth-order valence-electron chi connectivity index (χ4n) is 5.89. The molecule has 0 radical (unpaired) electrons. The summed E-state index contributed by atoms with van der Waals surface area (Å²) in [7, 11) is 0. The molecule has 182 valence electrons. The molecule has 0 unspecified atom stereocenters. The molecule has 7 heteroatoms. The molecule has 3 atom stereocenters. The summed E-state index contributed by atoms with van der Waals surface area (Å²) in [5.74, 6) is 0.819. The summed E-state index contributed by atoms with van der Waals surface area (Å²) in [6.07, 6.45) is 2.96. The van der Waals surface area contributed by atoms with Crippen molar-refractivity contribution in [1.29, 1.82) is 0 Å². The lowest BCUT2D eigenvalue weighted by atomic mass is 9.83. The van der Waals surface area contributed by atoms with E-state index in [0.717, 1.165) is 45.8 Å². The number of amides is 2. The molecule has 0 saturated carbocycles. The lowest BCUT2D eigenvalue weighted by Gasteiger charge is -2.36. The van der Waals surface area contributed by atoms with Crippen LogP contribution >= 0.6 is 0 Å². The number of anilines is 1. The van der Waals surface area contributed by atoms with Gasteiger partial charge in [0.2, 0.25) is 11.8 Å². The quantitative estimate of drug-likeness (QED) is 0.650. The molecule has 33 heavy (non-hydrogen) atoms. The minimum Gasteiger partial charge on any atom is -0.377 e. The molecule has 1 aromatic carbocycles. The van der Waals surface area contributed by atoms with Gasteiger partial charge in [-0.2, -0.15) is 0 Å². The van der Waals surface area contributed by atoms with E-state index in [9.17, 15) is 9.59 Å². The van der Waals surface area contributed by atoms with E-state index in [0.29, 0.717) is 44.2 Å². The van der Waals surface area contributed by atoms with E-state index in [4.69, 9.17) is 10.5 Å². The van der Waals surface area contributed by atoms with Crippen LogP contribution in [0.25, 0.3) is 0 Å². The van der Waals surface area contributed by atoms with Crippen LogP contribution in [0.3, 0.4) is 0 Å². The molecular weight excluding hydrogens is 416 g/mol. The largest absolute Gasteiger partial charge is 0.377 e. The Labute approximate surface area is 198 Å². The van der Waals surface area contributed by atoms with Crippen molar-refractivity contribution in [3.05, 3.63) is 29.8 Å². The minimum atomic E-state index is -0.240. The lowest BCUT2D eigenvalue weighted by molar-refractivity contribution is -0.137. The molecule has 0 bridgehead atoms. The second-order valence-electron chi connectivity index (χ2n) is 9.92. The van der Waals surface area contributed by atoms with Crippen LogP contribution in [0, 0.1) is 17.8 Å². The van der Waals surface area contributed by atoms with E-state index in [1.165, 1.54) is 11.3 Å². The molecule has 1 aromatic rings. The van der Waals surface area contributed by atoms with Crippen LogP contribution in [0.1, 0.15) is 45.1 Å². The van der Waals surface area contributed by atoms with Crippen LogP contribution in [0.2, 0.25) is 0 Å². The number of hydrogen-bond donors (Lipinski definition) is 1. The Morgan fingerprint density at radius 3 is 2.39 bits per heavy atom. The third kappa shape index (κ3) is 5.69. The highest BCUT2D eigenvalue weighted by atomic mass is 16.5. The van der Waals surface area contributed by atoms with Crippen LogP contribution in [-0.4, -0.2) is 73.6 Å². The van der Waals surface area contributed by atoms with Crippen molar-refractivity contribution in [2.45, 2.75) is 52.2 Å². The molecule has 3 saturated heterocycles. The molecule has 4 rings (SSSR count). The van der Waals surface area contributed by atoms with Crippen molar-refractivity contribution >= 4 is 17.5 Å². The molecule has 0 aromatic heterocycles. The number of ether oxygens (including phenoxy) is 1. The van der Waals surface area contributed by atoms with Gasteiger partial charge in [-0.05, 0) is 63.3 Å². The van der Waals surface area contributed by atoms with Gasteiger partial charge in [-0.3, -0.25) is 14.5 Å². The Bertz CT molecular complexity index is 802. The molecular formula is C26H40N4O3. The maximum atomic E-state index is 12.8. The summed E-state index contributed by atoms with van der Waals surface area (Å²) in [6, 6.07) is 8.99. The fourth-order valence-corrected chi connectivity index (χ4v) is 5.89. The zero-order valence-electron chi connectivity index (χ0n) is 20.2. The first-order valence-electron chi connectivity index (χ1n) is 12.7. The standard InChI is InChI=1S/C26H40N4O3/c1-3-29(4-2)22-7-5-19(6-8-22)16-28-12-11-23-21(17-28)18-33-24(23)15-25(31)30-13-9-20(10-14-30)26(27)32/h5-8,20-21,23-24H,3-4,9-18H2,1-2H3,(H2,27,32)/t21-,23-,24+/m1/s1. The molecule has 3 aliphatic heterocycles. The Kier molecular flexibility index (Phi) is 7.91. The molecule has 3 heterocycles. The molecule has 3 aliphatic rings. The number of primary amides is 1. The Balaban J connectivity index is 1.24. The lowest BCUT2D eigenvalue weighted by Crippen LogP contribution is -2.44. The monoisotopic (exact) mass is 456 g/mol. The molecule has 0 spiro atoms. The van der Waals surface area contributed by atoms with E-state index in [-0.39, 0.29) is 23.8 Å². The van der Waals surface area contributed by atoms with Gasteiger partial charge in [0.05, 0.1) is 19.1 Å². The third-order valence-electron chi connectivity index (χ3n) is 7.98. The van der Waals surface area contributed by atoms with Crippen LogP contribution in [0.5, 0.6) is 0 Å². The molecule has 2 N–H and O–H groups in total. The zero-order valence-corrected chi connectivity index (χ0v) is 20.2. The van der Waals surface area contributed by atoms with E-state index in [1.807, 2.05) is 4.90 Å². The van der Waals surface area contributed by atoms with Crippen molar-refractivity contribution in [3.63, 3.8) is 0 Å². The van der Waals surface area contributed by atoms with Crippen molar-refractivity contribution in [3.8, 4) is 0 Å². The van der Waals surface area contributed by atoms with Gasteiger partial charge in [0.15, 0.2) is 0 Å². The van der Waals surface area contributed by atoms with Crippen molar-refractivity contribution in [2.75, 3.05) is 50.8 Å². The predicted molar refractivity (Wildman–Crippen MR) is 130 cm³/mol. The highest BCUT2D eigenvalue weighted by Gasteiger charge is 2.42. The summed E-state index contributed by atoms with van der Waals surface area (Å²) in [5, 5.41) is 0. The number of carbonyl (C=O) groups is 2. The zero-order chi connectivity index (χ0) is 23.4. The van der Waals surface area contributed by atoms with Crippen LogP contribution < -0.4 is 10.6 Å². The fraction of sp³-hybridized carbons (Fsp3) is 0.692. The number of rotatable bonds is 8. The number of benzene rings is 1. The van der Waals surface area contributed by atoms with E-state index in [1.54, 1.807) is 0 Å². The first kappa shape index (κ1) is 24.0. The van der Waals surface area contributed by atoms with Gasteiger partial charge >= 0.3 is 0 Å². The summed E-state index contributed by atoms with van der Waals surface area (Å²) in [6.45, 7) is 11.5. The summed E-state index contributed by atoms with van der Waals surface area (Å²) >= 11 is 0. The van der Waals surface area contributed by atoms with Gasteiger partial charge in [0, 0.05) is 56.8 Å². The minimum absolute atomic E-state index is 0.0341. The second kappa shape index (κ2) is 10.9. The van der Waals surface area contributed by atoms with E-state index in [2.05, 4.69) is 47.9 Å². The van der Waals surface area contributed by atoms with Gasteiger partial charge < -0.3 is 20.3 Å². The Morgan fingerprint density at radius 1 is 1.06 bits per heavy atom. The average Bonchev–Trinajstić information content (AvgIpc) is 3.22. The van der Waals surface area contributed by atoms with Crippen LogP contribution in [0.15, 0.2) is 24.3 Å². The average molecular weight is 457 g/mol. The highest BCUT2D eigenvalue weighted by molar-refractivity contribution is 5.79. The number of nitrogens with zero attached hydrogens (tertiary/aromatic N) is 3. The molecule has 2 amide bonds. The number of fused-ring (bicyclic) bond motifs is 1. The topological polar surface area (TPSA) is 79.1 Å². The Hall–Kier alpha value is -2.12.